The van der Waals surface area contributed by atoms with Gasteiger partial charge in [-0.1, -0.05) is 42.5 Å². The molecule has 1 atom stereocenters. The lowest BCUT2D eigenvalue weighted by Crippen LogP contribution is -2.35. The summed E-state index contributed by atoms with van der Waals surface area (Å²) in [5.41, 5.74) is 1.58. The predicted octanol–water partition coefficient (Wildman–Crippen LogP) is 5.17. The fourth-order valence-corrected chi connectivity index (χ4v) is 2.91. The molecule has 0 saturated carbocycles. The van der Waals surface area contributed by atoms with Gasteiger partial charge in [-0.05, 0) is 44.0 Å². The van der Waals surface area contributed by atoms with E-state index in [9.17, 15) is 9.59 Å². The summed E-state index contributed by atoms with van der Waals surface area (Å²) in [6.45, 7) is 7.81. The topological polar surface area (TPSA) is 65.1 Å². The van der Waals surface area contributed by atoms with Crippen molar-refractivity contribution in [2.45, 2.75) is 52.2 Å². The largest absolute Gasteiger partial charge is 0.486 e. The first-order valence-electron chi connectivity index (χ1n) is 10.5. The van der Waals surface area contributed by atoms with Crippen molar-refractivity contribution >= 4 is 12.1 Å². The van der Waals surface area contributed by atoms with E-state index in [2.05, 4.69) is 0 Å². The summed E-state index contributed by atoms with van der Waals surface area (Å²) in [7, 11) is 1.73. The van der Waals surface area contributed by atoms with E-state index >= 15 is 0 Å². The summed E-state index contributed by atoms with van der Waals surface area (Å²) in [5.74, 6) is 0.465. The number of benzene rings is 2. The normalized spacial score (nSPS) is 12.0. The summed E-state index contributed by atoms with van der Waals surface area (Å²) in [6, 6.07) is 17.7. The van der Waals surface area contributed by atoms with Crippen LogP contribution in [0.3, 0.4) is 0 Å². The van der Waals surface area contributed by atoms with Crippen LogP contribution in [0, 0.1) is 0 Å². The highest BCUT2D eigenvalue weighted by atomic mass is 16.6. The van der Waals surface area contributed by atoms with Gasteiger partial charge in [0.05, 0.1) is 6.61 Å². The molecule has 0 aliphatic carbocycles. The third-order valence-corrected chi connectivity index (χ3v) is 4.50. The minimum absolute atomic E-state index is 0.210. The lowest BCUT2D eigenvalue weighted by molar-refractivity contribution is -0.140. The molecule has 1 unspecified atom stereocenters. The molecule has 2 aromatic carbocycles. The molecule has 0 heterocycles. The highest BCUT2D eigenvalue weighted by Crippen LogP contribution is 2.26. The second-order valence-electron chi connectivity index (χ2n) is 8.44. The predicted molar refractivity (Wildman–Crippen MR) is 120 cm³/mol. The third kappa shape index (κ3) is 9.11. The zero-order chi connectivity index (χ0) is 22.9. The Balaban J connectivity index is 2.01. The lowest BCUT2D eigenvalue weighted by Gasteiger charge is -2.26. The van der Waals surface area contributed by atoms with Crippen molar-refractivity contribution in [2.24, 2.45) is 0 Å². The summed E-state index contributed by atoms with van der Waals surface area (Å²) in [5, 5.41) is 0. The van der Waals surface area contributed by atoms with Crippen LogP contribution in [0.15, 0.2) is 54.6 Å². The fourth-order valence-electron chi connectivity index (χ4n) is 2.91. The molecule has 0 N–H and O–H groups in total. The van der Waals surface area contributed by atoms with E-state index in [1.165, 1.54) is 6.92 Å². The maximum atomic E-state index is 12.3. The zero-order valence-corrected chi connectivity index (χ0v) is 19.1. The van der Waals surface area contributed by atoms with E-state index in [0.29, 0.717) is 26.0 Å². The molecule has 2 aromatic rings. The first kappa shape index (κ1) is 24.3. The van der Waals surface area contributed by atoms with Gasteiger partial charge in [0.2, 0.25) is 0 Å². The Labute approximate surface area is 185 Å². The number of carbonyl (C=O) groups is 2. The van der Waals surface area contributed by atoms with Gasteiger partial charge in [0.1, 0.15) is 17.5 Å². The van der Waals surface area contributed by atoms with E-state index in [-0.39, 0.29) is 18.2 Å². The highest BCUT2D eigenvalue weighted by Gasteiger charge is 2.21. The van der Waals surface area contributed by atoms with Crippen LogP contribution in [0.1, 0.15) is 51.3 Å². The molecule has 1 amide bonds. The maximum absolute atomic E-state index is 12.3. The fraction of sp³-hybridized carbons (Fsp3) is 0.440. The van der Waals surface area contributed by atoms with Crippen molar-refractivity contribution in [3.8, 4) is 5.75 Å². The van der Waals surface area contributed by atoms with Gasteiger partial charge in [0.15, 0.2) is 0 Å². The van der Waals surface area contributed by atoms with Crippen molar-refractivity contribution in [3.05, 3.63) is 65.7 Å². The molecule has 6 heteroatoms. The monoisotopic (exact) mass is 427 g/mol. The molecule has 0 fully saturated rings. The first-order valence-corrected chi connectivity index (χ1v) is 10.5. The van der Waals surface area contributed by atoms with Gasteiger partial charge < -0.3 is 19.1 Å². The number of esters is 1. The second kappa shape index (κ2) is 11.4. The van der Waals surface area contributed by atoms with Gasteiger partial charge in [0.25, 0.3) is 0 Å². The minimum Gasteiger partial charge on any atom is -0.486 e. The van der Waals surface area contributed by atoms with Crippen LogP contribution in [0.25, 0.3) is 0 Å². The Morgan fingerprint density at radius 3 is 2.23 bits per heavy atom. The standard InChI is InChI=1S/C25H33NO5/c1-19(27)29-18-16-20-11-13-22(14-12-20)30-23(21-9-7-6-8-10-21)15-17-26(5)24(28)31-25(2,3)4/h6-14,23H,15-18H2,1-5H3. The van der Waals surface area contributed by atoms with Crippen LogP contribution in [0.2, 0.25) is 0 Å². The number of nitrogens with zero attached hydrogens (tertiary/aromatic N) is 1. The van der Waals surface area contributed by atoms with Crippen molar-refractivity contribution in [3.63, 3.8) is 0 Å². The van der Waals surface area contributed by atoms with Crippen LogP contribution in [-0.4, -0.2) is 42.8 Å². The molecule has 0 aliphatic rings. The molecule has 0 radical (unpaired) electrons. The van der Waals surface area contributed by atoms with Crippen molar-refractivity contribution in [1.29, 1.82) is 0 Å². The van der Waals surface area contributed by atoms with Gasteiger partial charge in [-0.15, -0.1) is 0 Å². The third-order valence-electron chi connectivity index (χ3n) is 4.50. The van der Waals surface area contributed by atoms with Gasteiger partial charge in [-0.3, -0.25) is 4.79 Å². The zero-order valence-electron chi connectivity index (χ0n) is 19.1. The van der Waals surface area contributed by atoms with Crippen LogP contribution in [0.4, 0.5) is 4.79 Å². The molecule has 2 rings (SSSR count). The van der Waals surface area contributed by atoms with Crippen LogP contribution in [-0.2, 0) is 20.7 Å². The number of amides is 1. The Morgan fingerprint density at radius 2 is 1.65 bits per heavy atom. The quantitative estimate of drug-likeness (QED) is 0.517. The molecule has 0 bridgehead atoms. The van der Waals surface area contributed by atoms with E-state index in [1.807, 2.05) is 75.4 Å². The van der Waals surface area contributed by atoms with E-state index in [4.69, 9.17) is 14.2 Å². The summed E-state index contributed by atoms with van der Waals surface area (Å²) >= 11 is 0. The Kier molecular flexibility index (Phi) is 8.91. The average Bonchev–Trinajstić information content (AvgIpc) is 2.71. The maximum Gasteiger partial charge on any atom is 0.410 e. The summed E-state index contributed by atoms with van der Waals surface area (Å²) in [6.07, 6.45) is 0.714. The van der Waals surface area contributed by atoms with Gasteiger partial charge in [-0.25, -0.2) is 4.79 Å². The van der Waals surface area contributed by atoms with Crippen molar-refractivity contribution in [2.75, 3.05) is 20.2 Å². The number of carbonyl (C=O) groups excluding carboxylic acids is 2. The number of ether oxygens (including phenoxy) is 3. The Hall–Kier alpha value is -3.02. The number of hydrogen-bond donors (Lipinski definition) is 0. The summed E-state index contributed by atoms with van der Waals surface area (Å²) < 4.78 is 16.7. The van der Waals surface area contributed by atoms with Crippen LogP contribution in [0.5, 0.6) is 5.75 Å². The minimum atomic E-state index is -0.530. The van der Waals surface area contributed by atoms with Crippen molar-refractivity contribution < 1.29 is 23.8 Å². The van der Waals surface area contributed by atoms with Crippen molar-refractivity contribution in [1.82, 2.24) is 4.90 Å². The molecule has 168 valence electrons. The molecule has 0 spiro atoms. The SMILES string of the molecule is CC(=O)OCCc1ccc(OC(CCN(C)C(=O)OC(C)(C)C)c2ccccc2)cc1. The van der Waals surface area contributed by atoms with E-state index < -0.39 is 5.60 Å². The second-order valence-corrected chi connectivity index (χ2v) is 8.44. The van der Waals surface area contributed by atoms with E-state index in [1.54, 1.807) is 11.9 Å². The Morgan fingerprint density at radius 1 is 1.00 bits per heavy atom. The molecule has 0 saturated heterocycles. The molecule has 31 heavy (non-hydrogen) atoms. The van der Waals surface area contributed by atoms with Crippen LogP contribution < -0.4 is 4.74 Å². The molecular formula is C25H33NO5. The van der Waals surface area contributed by atoms with Gasteiger partial charge in [-0.2, -0.15) is 0 Å². The van der Waals surface area contributed by atoms with Crippen LogP contribution >= 0.6 is 0 Å². The number of hydrogen-bond acceptors (Lipinski definition) is 5. The average molecular weight is 428 g/mol. The molecule has 6 nitrogen and oxygen atoms in total. The van der Waals surface area contributed by atoms with E-state index in [0.717, 1.165) is 16.9 Å². The Bertz CT molecular complexity index is 827. The molecule has 0 aromatic heterocycles. The highest BCUT2D eigenvalue weighted by molar-refractivity contribution is 5.67. The summed E-state index contributed by atoms with van der Waals surface area (Å²) in [4.78, 5) is 24.7. The lowest BCUT2D eigenvalue weighted by atomic mass is 10.1. The molecular weight excluding hydrogens is 394 g/mol. The first-order chi connectivity index (χ1) is 14.6. The van der Waals surface area contributed by atoms with Gasteiger partial charge >= 0.3 is 12.1 Å². The molecule has 0 aliphatic heterocycles. The van der Waals surface area contributed by atoms with Gasteiger partial charge in [0, 0.05) is 33.4 Å². The smallest absolute Gasteiger partial charge is 0.410 e. The number of rotatable bonds is 9.